The first kappa shape index (κ1) is 16.3. The van der Waals surface area contributed by atoms with Crippen molar-refractivity contribution in [1.82, 2.24) is 10.4 Å². The van der Waals surface area contributed by atoms with Gasteiger partial charge in [-0.3, -0.25) is 10.2 Å². The molecule has 0 aromatic carbocycles. The van der Waals surface area contributed by atoms with Gasteiger partial charge in [-0.1, -0.05) is 0 Å². The number of amides is 1. The van der Waals surface area contributed by atoms with Gasteiger partial charge in [0.05, 0.1) is 12.2 Å². The molecule has 0 aliphatic carbocycles. The molecule has 3 atom stereocenters. The first-order chi connectivity index (χ1) is 10.8. The maximum atomic E-state index is 11.9. The summed E-state index contributed by atoms with van der Waals surface area (Å²) in [5, 5.41) is 1.62. The van der Waals surface area contributed by atoms with Crippen LogP contribution in [0.1, 0.15) is 24.2 Å². The molecule has 23 heavy (non-hydrogen) atoms. The highest BCUT2D eigenvalue weighted by molar-refractivity contribution is 5.93. The maximum absolute atomic E-state index is 11.9. The Labute approximate surface area is 136 Å². The molecular formula is C16H24N3O4+. The van der Waals surface area contributed by atoms with Crippen molar-refractivity contribution < 1.29 is 23.6 Å². The van der Waals surface area contributed by atoms with Crippen LogP contribution in [0.5, 0.6) is 0 Å². The van der Waals surface area contributed by atoms with Gasteiger partial charge in [0.25, 0.3) is 5.91 Å². The molecule has 1 aromatic rings. The Morgan fingerprint density at radius 1 is 1.35 bits per heavy atom. The Morgan fingerprint density at radius 2 is 2.04 bits per heavy atom. The molecule has 0 radical (unpaired) electrons. The summed E-state index contributed by atoms with van der Waals surface area (Å²) in [5.74, 6) is -0.676. The Morgan fingerprint density at radius 3 is 2.70 bits per heavy atom. The van der Waals surface area contributed by atoms with E-state index in [9.17, 15) is 4.79 Å². The number of carbonyl (C=O) groups is 1. The van der Waals surface area contributed by atoms with Crippen LogP contribution >= 0.6 is 0 Å². The standard InChI is InChI=1S/C16H23N3O4/c1-16(2)22-13-10-21-12(14(13)23-16)9-19-7-5-11(6-8-19)15(20)17-18(3)4/h5-8,12-14H,9-10H2,1-4H3/p+1/t12-,13+,14-/m1/s1. The van der Waals surface area contributed by atoms with Crippen molar-refractivity contribution in [3.63, 3.8) is 0 Å². The molecule has 7 heteroatoms. The molecule has 0 bridgehead atoms. The molecule has 3 rings (SSSR count). The lowest BCUT2D eigenvalue weighted by molar-refractivity contribution is -0.704. The molecule has 2 aliphatic rings. The molecule has 1 aromatic heterocycles. The SMILES string of the molecule is CN(C)NC(=O)c1cc[n+](C[C@H]2OC[C@@H]3OC(C)(C)O[C@@H]32)cc1. The molecule has 0 saturated carbocycles. The van der Waals surface area contributed by atoms with E-state index in [0.29, 0.717) is 18.7 Å². The number of nitrogens with one attached hydrogen (secondary N) is 1. The van der Waals surface area contributed by atoms with Gasteiger partial charge in [-0.2, -0.15) is 0 Å². The van der Waals surface area contributed by atoms with Crippen molar-refractivity contribution in [1.29, 1.82) is 0 Å². The summed E-state index contributed by atoms with van der Waals surface area (Å²) in [7, 11) is 3.56. The van der Waals surface area contributed by atoms with Crippen LogP contribution in [0.4, 0.5) is 0 Å². The van der Waals surface area contributed by atoms with Crippen molar-refractivity contribution in [2.75, 3.05) is 20.7 Å². The zero-order valence-corrected chi connectivity index (χ0v) is 14.0. The highest BCUT2D eigenvalue weighted by Gasteiger charge is 2.51. The zero-order valence-electron chi connectivity index (χ0n) is 14.0. The zero-order chi connectivity index (χ0) is 16.6. The van der Waals surface area contributed by atoms with Gasteiger partial charge in [-0.15, -0.1) is 0 Å². The third-order valence-corrected chi connectivity index (χ3v) is 3.93. The third kappa shape index (κ3) is 3.69. The van der Waals surface area contributed by atoms with E-state index in [-0.39, 0.29) is 24.2 Å². The van der Waals surface area contributed by atoms with E-state index in [2.05, 4.69) is 5.43 Å². The molecule has 0 spiro atoms. The Balaban J connectivity index is 1.62. The van der Waals surface area contributed by atoms with Gasteiger partial charge in [-0.25, -0.2) is 9.58 Å². The maximum Gasteiger partial charge on any atom is 0.266 e. The highest BCUT2D eigenvalue weighted by atomic mass is 16.8. The molecule has 2 fully saturated rings. The van der Waals surface area contributed by atoms with Crippen LogP contribution in [0.25, 0.3) is 0 Å². The summed E-state index contributed by atoms with van der Waals surface area (Å²) >= 11 is 0. The average Bonchev–Trinajstić information content (AvgIpc) is 2.95. The lowest BCUT2D eigenvalue weighted by atomic mass is 10.1. The minimum atomic E-state index is -0.545. The van der Waals surface area contributed by atoms with E-state index in [1.807, 2.05) is 30.8 Å². The van der Waals surface area contributed by atoms with Crippen LogP contribution < -0.4 is 9.99 Å². The predicted molar refractivity (Wildman–Crippen MR) is 81.4 cm³/mol. The molecule has 2 aliphatic heterocycles. The van der Waals surface area contributed by atoms with E-state index in [1.165, 1.54) is 0 Å². The molecule has 0 unspecified atom stereocenters. The number of ether oxygens (including phenoxy) is 3. The second-order valence-corrected chi connectivity index (χ2v) is 6.63. The van der Waals surface area contributed by atoms with Gasteiger partial charge >= 0.3 is 0 Å². The molecule has 126 valence electrons. The van der Waals surface area contributed by atoms with Gasteiger partial charge in [-0.05, 0) is 13.8 Å². The number of rotatable bonds is 4. The summed E-state index contributed by atoms with van der Waals surface area (Å²) in [4.78, 5) is 11.9. The summed E-state index contributed by atoms with van der Waals surface area (Å²) in [6, 6.07) is 3.59. The summed E-state index contributed by atoms with van der Waals surface area (Å²) in [6.45, 7) is 5.07. The third-order valence-electron chi connectivity index (χ3n) is 3.93. The van der Waals surface area contributed by atoms with E-state index in [1.54, 1.807) is 31.2 Å². The topological polar surface area (TPSA) is 63.9 Å². The van der Waals surface area contributed by atoms with E-state index < -0.39 is 5.79 Å². The first-order valence-corrected chi connectivity index (χ1v) is 7.79. The van der Waals surface area contributed by atoms with E-state index >= 15 is 0 Å². The van der Waals surface area contributed by atoms with Crippen molar-refractivity contribution in [3.8, 4) is 0 Å². The smallest absolute Gasteiger partial charge is 0.266 e. The number of fused-ring (bicyclic) bond motifs is 1. The molecule has 3 heterocycles. The lowest BCUT2D eigenvalue weighted by Gasteiger charge is -2.20. The number of carbonyl (C=O) groups excluding carboxylic acids is 1. The molecule has 1 N–H and O–H groups in total. The Hall–Kier alpha value is -1.54. The Kier molecular flexibility index (Phi) is 4.37. The molecule has 7 nitrogen and oxygen atoms in total. The van der Waals surface area contributed by atoms with Gasteiger partial charge in [0.1, 0.15) is 18.3 Å². The normalized spacial score (nSPS) is 28.8. The van der Waals surface area contributed by atoms with Crippen molar-refractivity contribution in [3.05, 3.63) is 30.1 Å². The summed E-state index contributed by atoms with van der Waals surface area (Å²) in [6.07, 6.45) is 3.66. The van der Waals surface area contributed by atoms with E-state index in [4.69, 9.17) is 14.2 Å². The molecule has 2 saturated heterocycles. The Bertz CT molecular complexity index is 573. The number of hydrogen-bond donors (Lipinski definition) is 1. The quantitative estimate of drug-likeness (QED) is 0.629. The first-order valence-electron chi connectivity index (χ1n) is 7.79. The van der Waals surface area contributed by atoms with Crippen LogP contribution in [0.2, 0.25) is 0 Å². The van der Waals surface area contributed by atoms with Crippen LogP contribution in [-0.2, 0) is 20.8 Å². The largest absolute Gasteiger partial charge is 0.366 e. The fraction of sp³-hybridized carbons (Fsp3) is 0.625. The second-order valence-electron chi connectivity index (χ2n) is 6.63. The minimum Gasteiger partial charge on any atom is -0.366 e. The van der Waals surface area contributed by atoms with Crippen molar-refractivity contribution in [2.45, 2.75) is 44.5 Å². The summed E-state index contributed by atoms with van der Waals surface area (Å²) in [5.41, 5.74) is 3.33. The van der Waals surface area contributed by atoms with Gasteiger partial charge < -0.3 is 14.2 Å². The van der Waals surface area contributed by atoms with Gasteiger partial charge in [0, 0.05) is 26.2 Å². The number of hydrogen-bond acceptors (Lipinski definition) is 5. The fourth-order valence-electron chi connectivity index (χ4n) is 2.98. The minimum absolute atomic E-state index is 0.000687. The number of hydrazine groups is 1. The number of pyridine rings is 1. The van der Waals surface area contributed by atoms with Crippen molar-refractivity contribution >= 4 is 5.91 Å². The molecular weight excluding hydrogens is 298 g/mol. The van der Waals surface area contributed by atoms with Crippen LogP contribution in [-0.4, -0.2) is 55.7 Å². The van der Waals surface area contributed by atoms with Crippen LogP contribution in [0.3, 0.4) is 0 Å². The van der Waals surface area contributed by atoms with Gasteiger partial charge in [0.2, 0.25) is 0 Å². The van der Waals surface area contributed by atoms with E-state index in [0.717, 1.165) is 0 Å². The highest BCUT2D eigenvalue weighted by Crippen LogP contribution is 2.35. The van der Waals surface area contributed by atoms with Crippen molar-refractivity contribution in [2.24, 2.45) is 0 Å². The summed E-state index contributed by atoms with van der Waals surface area (Å²) < 4.78 is 19.5. The predicted octanol–water partition coefficient (Wildman–Crippen LogP) is 0.0994. The van der Waals surface area contributed by atoms with Gasteiger partial charge in [0.15, 0.2) is 24.7 Å². The molecule has 1 amide bonds. The monoisotopic (exact) mass is 322 g/mol. The average molecular weight is 322 g/mol. The number of aromatic nitrogens is 1. The van der Waals surface area contributed by atoms with Crippen LogP contribution in [0, 0.1) is 0 Å². The second kappa shape index (κ2) is 6.16. The number of nitrogens with zero attached hydrogens (tertiary/aromatic N) is 2. The fourth-order valence-corrected chi connectivity index (χ4v) is 2.98. The van der Waals surface area contributed by atoms with Crippen LogP contribution in [0.15, 0.2) is 24.5 Å². The lowest BCUT2D eigenvalue weighted by Crippen LogP contribution is -2.44.